The zero-order valence-corrected chi connectivity index (χ0v) is 15.9. The zero-order valence-electron chi connectivity index (χ0n) is 15.9. The number of rotatable bonds is 3. The van der Waals surface area contributed by atoms with Crippen LogP contribution in [0.2, 0.25) is 0 Å². The highest BCUT2D eigenvalue weighted by Gasteiger charge is 2.40. The second-order valence-electron chi connectivity index (χ2n) is 7.08. The van der Waals surface area contributed by atoms with E-state index in [1.807, 2.05) is 6.07 Å². The topological polar surface area (TPSA) is 94.5 Å². The van der Waals surface area contributed by atoms with Crippen molar-refractivity contribution in [1.82, 2.24) is 0 Å². The number of methoxy groups -OCH3 is 3. The minimum atomic E-state index is -0.341. The van der Waals surface area contributed by atoms with Gasteiger partial charge in [-0.1, -0.05) is 0 Å². The minimum Gasteiger partial charge on any atom is -0.504 e. The average Bonchev–Trinajstić information content (AvgIpc) is 3.00. The van der Waals surface area contributed by atoms with Crippen LogP contribution in [0.25, 0.3) is 11.1 Å². The molecule has 0 bridgehead atoms. The van der Waals surface area contributed by atoms with E-state index in [0.29, 0.717) is 42.1 Å². The van der Waals surface area contributed by atoms with Crippen LogP contribution in [-0.4, -0.2) is 44.1 Å². The Morgan fingerprint density at radius 2 is 1.68 bits per heavy atom. The summed E-state index contributed by atoms with van der Waals surface area (Å²) in [5.41, 5.74) is 2.82. The SMILES string of the molecule is COc1cc2c(cc1OC)-c1c(cc(O)c(OC)c1O)C[C@@H]1C(=O)OC[C@@H]1C2. The van der Waals surface area contributed by atoms with Gasteiger partial charge in [-0.15, -0.1) is 0 Å². The fraction of sp³-hybridized carbons (Fsp3) is 0.381. The molecule has 1 heterocycles. The van der Waals surface area contributed by atoms with Crippen LogP contribution in [0, 0.1) is 11.8 Å². The van der Waals surface area contributed by atoms with E-state index in [4.69, 9.17) is 18.9 Å². The third-order valence-electron chi connectivity index (χ3n) is 5.63. The molecule has 1 saturated heterocycles. The van der Waals surface area contributed by atoms with Crippen molar-refractivity contribution >= 4 is 5.97 Å². The molecule has 28 heavy (non-hydrogen) atoms. The Labute approximate surface area is 162 Å². The number of cyclic esters (lactones) is 1. The maximum absolute atomic E-state index is 12.3. The van der Waals surface area contributed by atoms with Gasteiger partial charge >= 0.3 is 5.97 Å². The summed E-state index contributed by atoms with van der Waals surface area (Å²) >= 11 is 0. The minimum absolute atomic E-state index is 0.00360. The first-order valence-corrected chi connectivity index (χ1v) is 9.02. The predicted molar refractivity (Wildman–Crippen MR) is 100 cm³/mol. The van der Waals surface area contributed by atoms with Gasteiger partial charge in [0.2, 0.25) is 5.75 Å². The molecule has 0 unspecified atom stereocenters. The number of phenols is 2. The number of benzene rings is 2. The van der Waals surface area contributed by atoms with E-state index in [-0.39, 0.29) is 35.1 Å². The number of hydrogen-bond acceptors (Lipinski definition) is 7. The molecule has 7 heteroatoms. The Bertz CT molecular complexity index is 951. The highest BCUT2D eigenvalue weighted by atomic mass is 16.5. The first kappa shape index (κ1) is 18.3. The Morgan fingerprint density at radius 1 is 0.964 bits per heavy atom. The molecular formula is C21H22O7. The van der Waals surface area contributed by atoms with Crippen molar-refractivity contribution in [3.8, 4) is 39.9 Å². The van der Waals surface area contributed by atoms with Crippen LogP contribution in [0.15, 0.2) is 18.2 Å². The van der Waals surface area contributed by atoms with E-state index in [0.717, 1.165) is 11.1 Å². The third-order valence-corrected chi connectivity index (χ3v) is 5.63. The molecule has 4 rings (SSSR count). The van der Waals surface area contributed by atoms with Gasteiger partial charge in [-0.05, 0) is 47.7 Å². The smallest absolute Gasteiger partial charge is 0.309 e. The van der Waals surface area contributed by atoms with Crippen LogP contribution in [0.1, 0.15) is 11.1 Å². The Kier molecular flexibility index (Phi) is 4.45. The fourth-order valence-corrected chi connectivity index (χ4v) is 4.25. The molecule has 0 spiro atoms. The van der Waals surface area contributed by atoms with Crippen LogP contribution < -0.4 is 14.2 Å². The van der Waals surface area contributed by atoms with Crippen molar-refractivity contribution in [2.75, 3.05) is 27.9 Å². The number of esters is 1. The molecule has 2 aromatic carbocycles. The van der Waals surface area contributed by atoms with Crippen molar-refractivity contribution in [1.29, 1.82) is 0 Å². The van der Waals surface area contributed by atoms with Gasteiger partial charge in [0.05, 0.1) is 33.9 Å². The fourth-order valence-electron chi connectivity index (χ4n) is 4.25. The van der Waals surface area contributed by atoms with Crippen LogP contribution in [0.3, 0.4) is 0 Å². The van der Waals surface area contributed by atoms with Crippen molar-refractivity contribution in [2.24, 2.45) is 11.8 Å². The first-order chi connectivity index (χ1) is 13.5. The molecule has 7 nitrogen and oxygen atoms in total. The van der Waals surface area contributed by atoms with Gasteiger partial charge in [0.1, 0.15) is 0 Å². The Morgan fingerprint density at radius 3 is 2.36 bits per heavy atom. The second-order valence-corrected chi connectivity index (χ2v) is 7.08. The van der Waals surface area contributed by atoms with Crippen LogP contribution in [-0.2, 0) is 22.4 Å². The quantitative estimate of drug-likeness (QED) is 0.783. The van der Waals surface area contributed by atoms with Gasteiger partial charge in [-0.3, -0.25) is 4.79 Å². The van der Waals surface area contributed by atoms with Crippen molar-refractivity contribution < 1.29 is 34.0 Å². The van der Waals surface area contributed by atoms with E-state index in [2.05, 4.69) is 0 Å². The van der Waals surface area contributed by atoms with E-state index >= 15 is 0 Å². The van der Waals surface area contributed by atoms with Crippen LogP contribution in [0.4, 0.5) is 0 Å². The van der Waals surface area contributed by atoms with Gasteiger partial charge < -0.3 is 29.2 Å². The number of phenolic OH excluding ortho intramolecular Hbond substituents is 2. The molecule has 148 valence electrons. The summed E-state index contributed by atoms with van der Waals surface area (Å²) < 4.78 is 21.4. The molecule has 2 atom stereocenters. The average molecular weight is 386 g/mol. The van der Waals surface area contributed by atoms with Crippen LogP contribution in [0.5, 0.6) is 28.7 Å². The molecule has 1 fully saturated rings. The summed E-state index contributed by atoms with van der Waals surface area (Å²) in [7, 11) is 4.49. The van der Waals surface area contributed by atoms with Gasteiger partial charge in [-0.25, -0.2) is 0 Å². The molecule has 2 N–H and O–H groups in total. The number of fused-ring (bicyclic) bond motifs is 4. The summed E-state index contributed by atoms with van der Waals surface area (Å²) in [6.45, 7) is 0.348. The number of aromatic hydroxyl groups is 2. The maximum Gasteiger partial charge on any atom is 0.309 e. The summed E-state index contributed by atoms with van der Waals surface area (Å²) in [6, 6.07) is 5.21. The van der Waals surface area contributed by atoms with Gasteiger partial charge in [0.25, 0.3) is 0 Å². The lowest BCUT2D eigenvalue weighted by Crippen LogP contribution is -2.23. The van der Waals surface area contributed by atoms with E-state index in [1.54, 1.807) is 26.4 Å². The van der Waals surface area contributed by atoms with E-state index < -0.39 is 0 Å². The maximum atomic E-state index is 12.3. The van der Waals surface area contributed by atoms with E-state index in [9.17, 15) is 15.0 Å². The van der Waals surface area contributed by atoms with Crippen molar-refractivity contribution in [3.05, 3.63) is 29.3 Å². The molecule has 0 amide bonds. The highest BCUT2D eigenvalue weighted by molar-refractivity contribution is 5.84. The van der Waals surface area contributed by atoms with Crippen LogP contribution >= 0.6 is 0 Å². The highest BCUT2D eigenvalue weighted by Crippen LogP contribution is 2.51. The first-order valence-electron chi connectivity index (χ1n) is 9.02. The number of ether oxygens (including phenoxy) is 4. The second kappa shape index (κ2) is 6.82. The summed E-state index contributed by atoms with van der Waals surface area (Å²) in [4.78, 5) is 12.3. The Hall–Kier alpha value is -3.09. The lowest BCUT2D eigenvalue weighted by Gasteiger charge is -2.26. The molecule has 0 saturated carbocycles. The predicted octanol–water partition coefficient (Wildman–Crippen LogP) is 2.68. The van der Waals surface area contributed by atoms with Crippen molar-refractivity contribution in [3.63, 3.8) is 0 Å². The summed E-state index contributed by atoms with van der Waals surface area (Å²) in [5, 5.41) is 21.2. The number of carbonyl (C=O) groups is 1. The van der Waals surface area contributed by atoms with Gasteiger partial charge in [0.15, 0.2) is 23.0 Å². The number of hydrogen-bond donors (Lipinski definition) is 2. The lowest BCUT2D eigenvalue weighted by molar-refractivity contribution is -0.141. The number of carbonyl (C=O) groups excluding carboxylic acids is 1. The summed E-state index contributed by atoms with van der Waals surface area (Å²) in [5.74, 6) is 0.140. The zero-order chi connectivity index (χ0) is 20.0. The normalized spacial score (nSPS) is 20.2. The molecule has 0 aromatic heterocycles. The Balaban J connectivity index is 2.03. The molecule has 2 aliphatic rings. The van der Waals surface area contributed by atoms with E-state index in [1.165, 1.54) is 7.11 Å². The molecule has 1 aliphatic carbocycles. The standard InChI is InChI=1S/C21H22O7/c1-25-16-7-10-4-12-9-28-21(24)14(12)5-11-6-15(22)20(27-3)19(23)18(11)13(10)8-17(16)26-2/h6-8,12,14,22-23H,4-5,9H2,1-3H3/t12-,14-/m0/s1. The van der Waals surface area contributed by atoms with Gasteiger partial charge in [0, 0.05) is 11.5 Å². The molecule has 1 aliphatic heterocycles. The van der Waals surface area contributed by atoms with Gasteiger partial charge in [-0.2, -0.15) is 0 Å². The monoisotopic (exact) mass is 386 g/mol. The summed E-state index contributed by atoms with van der Waals surface area (Å²) in [6.07, 6.45) is 0.950. The lowest BCUT2D eigenvalue weighted by atomic mass is 9.77. The largest absolute Gasteiger partial charge is 0.504 e. The van der Waals surface area contributed by atoms with Crippen molar-refractivity contribution in [2.45, 2.75) is 12.8 Å². The third kappa shape index (κ3) is 2.69. The molecule has 2 aromatic rings. The molecule has 0 radical (unpaired) electrons. The molecular weight excluding hydrogens is 364 g/mol.